The molecule has 0 radical (unpaired) electrons. The summed E-state index contributed by atoms with van der Waals surface area (Å²) in [5, 5.41) is 0. The highest BCUT2D eigenvalue weighted by Gasteiger charge is 2.23. The third-order valence-corrected chi connectivity index (χ3v) is 5.34. The third kappa shape index (κ3) is 3.59. The topological polar surface area (TPSA) is 72.2 Å². The van der Waals surface area contributed by atoms with E-state index in [2.05, 4.69) is 4.72 Å². The summed E-state index contributed by atoms with van der Waals surface area (Å²) >= 11 is 0. The predicted octanol–water partition coefficient (Wildman–Crippen LogP) is 1.83. The lowest BCUT2D eigenvalue weighted by molar-refractivity contribution is 0.340. The van der Waals surface area contributed by atoms with Crippen LogP contribution in [0.4, 0.5) is 0 Å². The molecule has 112 valence electrons. The van der Waals surface area contributed by atoms with Crippen LogP contribution in [0.2, 0.25) is 0 Å². The monoisotopic (exact) mass is 296 g/mol. The van der Waals surface area contributed by atoms with Gasteiger partial charge in [-0.15, -0.1) is 0 Å². The molecule has 0 amide bonds. The van der Waals surface area contributed by atoms with E-state index in [9.17, 15) is 8.42 Å². The maximum absolute atomic E-state index is 12.3. The van der Waals surface area contributed by atoms with E-state index in [0.717, 1.165) is 25.7 Å². The van der Waals surface area contributed by atoms with Crippen molar-refractivity contribution in [2.75, 3.05) is 13.1 Å². The molecule has 0 saturated heterocycles. The molecule has 0 unspecified atom stereocenters. The maximum Gasteiger partial charge on any atom is 0.240 e. The number of nitrogens with one attached hydrogen (secondary N) is 1. The molecule has 1 aliphatic rings. The Morgan fingerprint density at radius 3 is 2.65 bits per heavy atom. The third-order valence-electron chi connectivity index (χ3n) is 3.94. The molecule has 0 bridgehead atoms. The van der Waals surface area contributed by atoms with Gasteiger partial charge in [0.05, 0.1) is 4.90 Å². The summed E-state index contributed by atoms with van der Waals surface area (Å²) < 4.78 is 27.4. The second-order valence-corrected chi connectivity index (χ2v) is 8.08. The zero-order valence-corrected chi connectivity index (χ0v) is 13.1. The number of benzene rings is 1. The van der Waals surface area contributed by atoms with Crippen molar-refractivity contribution in [3.05, 3.63) is 29.3 Å². The normalized spacial score (nSPS) is 15.3. The van der Waals surface area contributed by atoms with Crippen molar-refractivity contribution in [2.45, 2.75) is 44.4 Å². The van der Waals surface area contributed by atoms with Crippen LogP contribution >= 0.6 is 0 Å². The molecular formula is C15H24N2O2S. The van der Waals surface area contributed by atoms with E-state index < -0.39 is 10.0 Å². The highest BCUT2D eigenvalue weighted by molar-refractivity contribution is 7.89. The molecule has 0 saturated carbocycles. The second kappa shape index (κ2) is 5.84. The molecule has 0 fully saturated rings. The standard InChI is InChI=1S/C15H24N2O2S/c1-15(2,8-9-16)11-17-20(18,19)14-7-6-12-4-3-5-13(12)10-14/h6-7,10,17H,3-5,8-9,11,16H2,1-2H3. The van der Waals surface area contributed by atoms with Gasteiger partial charge in [-0.3, -0.25) is 0 Å². The molecule has 0 aliphatic heterocycles. The van der Waals surface area contributed by atoms with Crippen LogP contribution in [0.3, 0.4) is 0 Å². The first-order valence-electron chi connectivity index (χ1n) is 7.16. The number of hydrogen-bond acceptors (Lipinski definition) is 3. The van der Waals surface area contributed by atoms with Crippen LogP contribution in [0.5, 0.6) is 0 Å². The minimum absolute atomic E-state index is 0.126. The van der Waals surface area contributed by atoms with Crippen molar-refractivity contribution in [3.63, 3.8) is 0 Å². The summed E-state index contributed by atoms with van der Waals surface area (Å²) in [4.78, 5) is 0.377. The van der Waals surface area contributed by atoms with Crippen LogP contribution in [0, 0.1) is 5.41 Å². The molecule has 0 spiro atoms. The Morgan fingerprint density at radius 2 is 1.95 bits per heavy atom. The van der Waals surface area contributed by atoms with Gasteiger partial charge in [0.25, 0.3) is 0 Å². The highest BCUT2D eigenvalue weighted by atomic mass is 32.2. The summed E-state index contributed by atoms with van der Waals surface area (Å²) in [6.45, 7) is 5.01. The van der Waals surface area contributed by atoms with Crippen LogP contribution in [0.25, 0.3) is 0 Å². The van der Waals surface area contributed by atoms with Gasteiger partial charge in [-0.2, -0.15) is 0 Å². The highest BCUT2D eigenvalue weighted by Crippen LogP contribution is 2.25. The molecule has 1 aliphatic carbocycles. The Bertz CT molecular complexity index is 580. The summed E-state index contributed by atoms with van der Waals surface area (Å²) in [7, 11) is -3.42. The van der Waals surface area contributed by atoms with Crippen molar-refractivity contribution >= 4 is 10.0 Å². The minimum Gasteiger partial charge on any atom is -0.330 e. The molecule has 5 heteroatoms. The van der Waals surface area contributed by atoms with Crippen LogP contribution in [0.1, 0.15) is 37.8 Å². The summed E-state index contributed by atoms with van der Waals surface area (Å²) in [6, 6.07) is 5.48. The number of sulfonamides is 1. The van der Waals surface area contributed by atoms with Crippen molar-refractivity contribution in [2.24, 2.45) is 11.1 Å². The maximum atomic E-state index is 12.3. The van der Waals surface area contributed by atoms with Gasteiger partial charge in [-0.25, -0.2) is 13.1 Å². The zero-order chi connectivity index (χ0) is 14.8. The number of fused-ring (bicyclic) bond motifs is 1. The molecule has 0 aromatic heterocycles. The largest absolute Gasteiger partial charge is 0.330 e. The Balaban J connectivity index is 2.11. The van der Waals surface area contributed by atoms with Gasteiger partial charge in [0.2, 0.25) is 10.0 Å². The molecule has 1 aromatic carbocycles. The van der Waals surface area contributed by atoms with E-state index in [0.29, 0.717) is 18.0 Å². The number of aryl methyl sites for hydroxylation is 2. The number of nitrogens with two attached hydrogens (primary N) is 1. The van der Waals surface area contributed by atoms with Gasteiger partial charge >= 0.3 is 0 Å². The fraction of sp³-hybridized carbons (Fsp3) is 0.600. The van der Waals surface area contributed by atoms with Gasteiger partial charge in [0.15, 0.2) is 0 Å². The van der Waals surface area contributed by atoms with Crippen molar-refractivity contribution in [1.82, 2.24) is 4.72 Å². The molecule has 2 rings (SSSR count). The Morgan fingerprint density at radius 1 is 1.25 bits per heavy atom. The first kappa shape index (κ1) is 15.5. The van der Waals surface area contributed by atoms with E-state index in [1.54, 1.807) is 6.07 Å². The quantitative estimate of drug-likeness (QED) is 0.841. The first-order valence-corrected chi connectivity index (χ1v) is 8.64. The first-order chi connectivity index (χ1) is 9.34. The second-order valence-electron chi connectivity index (χ2n) is 6.31. The predicted molar refractivity (Wildman–Crippen MR) is 81.1 cm³/mol. The lowest BCUT2D eigenvalue weighted by Crippen LogP contribution is -2.35. The molecule has 0 atom stereocenters. The lowest BCUT2D eigenvalue weighted by Gasteiger charge is -2.24. The van der Waals surface area contributed by atoms with Crippen LogP contribution in [0.15, 0.2) is 23.1 Å². The average Bonchev–Trinajstić information content (AvgIpc) is 2.84. The number of hydrogen-bond donors (Lipinski definition) is 2. The van der Waals surface area contributed by atoms with E-state index in [-0.39, 0.29) is 5.41 Å². The fourth-order valence-corrected chi connectivity index (χ4v) is 3.86. The average molecular weight is 296 g/mol. The van der Waals surface area contributed by atoms with Gasteiger partial charge < -0.3 is 5.73 Å². The Labute approximate surface area is 121 Å². The van der Waals surface area contributed by atoms with Gasteiger partial charge in [0.1, 0.15) is 0 Å². The Hall–Kier alpha value is -0.910. The van der Waals surface area contributed by atoms with E-state index >= 15 is 0 Å². The van der Waals surface area contributed by atoms with Crippen molar-refractivity contribution in [1.29, 1.82) is 0 Å². The van der Waals surface area contributed by atoms with E-state index in [1.807, 2.05) is 26.0 Å². The molecule has 4 nitrogen and oxygen atoms in total. The van der Waals surface area contributed by atoms with Crippen LogP contribution in [-0.2, 0) is 22.9 Å². The van der Waals surface area contributed by atoms with Gasteiger partial charge in [-0.1, -0.05) is 19.9 Å². The zero-order valence-electron chi connectivity index (χ0n) is 12.3. The fourth-order valence-electron chi connectivity index (χ4n) is 2.57. The summed E-state index contributed by atoms with van der Waals surface area (Å²) in [5.74, 6) is 0. The minimum atomic E-state index is -3.42. The molecule has 20 heavy (non-hydrogen) atoms. The van der Waals surface area contributed by atoms with E-state index in [4.69, 9.17) is 5.73 Å². The van der Waals surface area contributed by atoms with Crippen LogP contribution < -0.4 is 10.5 Å². The number of rotatable bonds is 6. The molecule has 3 N–H and O–H groups in total. The molecule has 1 aromatic rings. The van der Waals surface area contributed by atoms with Crippen LogP contribution in [-0.4, -0.2) is 21.5 Å². The molecular weight excluding hydrogens is 272 g/mol. The smallest absolute Gasteiger partial charge is 0.240 e. The summed E-state index contributed by atoms with van der Waals surface area (Å²) in [5.41, 5.74) is 7.88. The summed E-state index contributed by atoms with van der Waals surface area (Å²) in [6.07, 6.45) is 3.96. The van der Waals surface area contributed by atoms with E-state index in [1.165, 1.54) is 11.1 Å². The van der Waals surface area contributed by atoms with Gasteiger partial charge in [-0.05, 0) is 60.9 Å². The molecule has 0 heterocycles. The lowest BCUT2D eigenvalue weighted by atomic mass is 9.90. The SMILES string of the molecule is CC(C)(CCN)CNS(=O)(=O)c1ccc2c(c1)CCC2. The van der Waals surface area contributed by atoms with Crippen molar-refractivity contribution in [3.8, 4) is 0 Å². The van der Waals surface area contributed by atoms with Gasteiger partial charge in [0, 0.05) is 6.54 Å². The van der Waals surface area contributed by atoms with Crippen molar-refractivity contribution < 1.29 is 8.42 Å². The Kier molecular flexibility index (Phi) is 4.52.